The molecule has 0 bridgehead atoms. The molecule has 1 heterocycles. The molecule has 1 aliphatic rings. The lowest BCUT2D eigenvalue weighted by molar-refractivity contribution is 0.245. The van der Waals surface area contributed by atoms with Crippen molar-refractivity contribution >= 4 is 10.2 Å². The number of hydrogen-bond acceptors (Lipinski definition) is 5. The van der Waals surface area contributed by atoms with E-state index in [-0.39, 0.29) is 0 Å². The molecule has 1 aromatic heterocycles. The zero-order valence-electron chi connectivity index (χ0n) is 11.5. The van der Waals surface area contributed by atoms with E-state index >= 15 is 0 Å². The zero-order valence-corrected chi connectivity index (χ0v) is 12.3. The smallest absolute Gasteiger partial charge is 0.279 e. The standard InChI is InChI=1S/C11H20N4O3S/c1-9-12-10(13-18-9)11(7-5-4-6-8-11)14-19(16,17)15(2)3/h14H,4-8H2,1-3H3. The van der Waals surface area contributed by atoms with Gasteiger partial charge in [0.2, 0.25) is 5.89 Å². The van der Waals surface area contributed by atoms with Crippen molar-refractivity contribution in [2.24, 2.45) is 0 Å². The lowest BCUT2D eigenvalue weighted by atomic mass is 9.82. The number of aromatic nitrogens is 2. The van der Waals surface area contributed by atoms with Crippen molar-refractivity contribution in [3.05, 3.63) is 11.7 Å². The second-order valence-electron chi connectivity index (χ2n) is 5.17. The molecule has 0 aliphatic heterocycles. The number of aryl methyl sites for hydroxylation is 1. The molecule has 0 spiro atoms. The highest BCUT2D eigenvalue weighted by Crippen LogP contribution is 2.36. The monoisotopic (exact) mass is 288 g/mol. The summed E-state index contributed by atoms with van der Waals surface area (Å²) in [6.45, 7) is 1.70. The highest BCUT2D eigenvalue weighted by atomic mass is 32.2. The molecule has 1 aromatic rings. The molecule has 1 fully saturated rings. The Hall–Kier alpha value is -0.990. The van der Waals surface area contributed by atoms with Crippen LogP contribution in [0.2, 0.25) is 0 Å². The predicted octanol–water partition coefficient (Wildman–Crippen LogP) is 0.933. The third-order valence-corrected chi connectivity index (χ3v) is 5.08. The molecule has 108 valence electrons. The molecule has 19 heavy (non-hydrogen) atoms. The van der Waals surface area contributed by atoms with Crippen LogP contribution in [0.3, 0.4) is 0 Å². The van der Waals surface area contributed by atoms with Crippen LogP contribution < -0.4 is 4.72 Å². The van der Waals surface area contributed by atoms with Gasteiger partial charge in [0.05, 0.1) is 5.54 Å². The lowest BCUT2D eigenvalue weighted by Gasteiger charge is -2.35. The highest BCUT2D eigenvalue weighted by Gasteiger charge is 2.42. The van der Waals surface area contributed by atoms with E-state index in [1.54, 1.807) is 6.92 Å². The van der Waals surface area contributed by atoms with Crippen LogP contribution in [0.1, 0.15) is 43.8 Å². The fourth-order valence-electron chi connectivity index (χ4n) is 2.36. The van der Waals surface area contributed by atoms with Gasteiger partial charge in [0.25, 0.3) is 10.2 Å². The zero-order chi connectivity index (χ0) is 14.1. The Morgan fingerprint density at radius 3 is 2.37 bits per heavy atom. The Kier molecular flexibility index (Phi) is 3.93. The minimum absolute atomic E-state index is 0.440. The molecule has 8 heteroatoms. The fraction of sp³-hybridized carbons (Fsp3) is 0.818. The van der Waals surface area contributed by atoms with E-state index in [0.717, 1.165) is 23.6 Å². The van der Waals surface area contributed by atoms with Gasteiger partial charge in [-0.1, -0.05) is 24.4 Å². The van der Waals surface area contributed by atoms with Gasteiger partial charge < -0.3 is 4.52 Å². The Morgan fingerprint density at radius 2 is 1.89 bits per heavy atom. The van der Waals surface area contributed by atoms with E-state index in [0.29, 0.717) is 24.6 Å². The van der Waals surface area contributed by atoms with E-state index in [2.05, 4.69) is 14.9 Å². The second-order valence-corrected chi connectivity index (χ2v) is 7.05. The van der Waals surface area contributed by atoms with Crippen molar-refractivity contribution in [2.45, 2.75) is 44.6 Å². The van der Waals surface area contributed by atoms with Crippen molar-refractivity contribution in [3.8, 4) is 0 Å². The maximum Gasteiger partial charge on any atom is 0.279 e. The Labute approximate surface area is 113 Å². The van der Waals surface area contributed by atoms with E-state index < -0.39 is 15.7 Å². The molecular formula is C11H20N4O3S. The molecule has 1 saturated carbocycles. The summed E-state index contributed by atoms with van der Waals surface area (Å²) in [5, 5.41) is 3.92. The first-order chi connectivity index (χ1) is 8.86. The first-order valence-corrected chi connectivity index (χ1v) is 7.82. The number of rotatable bonds is 4. The normalized spacial score (nSPS) is 19.8. The summed E-state index contributed by atoms with van der Waals surface area (Å²) in [6, 6.07) is 0. The maximum absolute atomic E-state index is 12.1. The molecule has 0 atom stereocenters. The summed E-state index contributed by atoms with van der Waals surface area (Å²) >= 11 is 0. The number of nitrogens with zero attached hydrogens (tertiary/aromatic N) is 3. The summed E-state index contributed by atoms with van der Waals surface area (Å²) in [6.07, 6.45) is 4.38. The van der Waals surface area contributed by atoms with E-state index in [1.165, 1.54) is 14.1 Å². The molecule has 2 rings (SSSR count). The van der Waals surface area contributed by atoms with Gasteiger partial charge in [0.1, 0.15) is 0 Å². The number of hydrogen-bond donors (Lipinski definition) is 1. The van der Waals surface area contributed by atoms with Crippen LogP contribution in [-0.2, 0) is 15.7 Å². The van der Waals surface area contributed by atoms with Crippen LogP contribution in [0.15, 0.2) is 4.52 Å². The Balaban J connectivity index is 2.35. The van der Waals surface area contributed by atoms with Gasteiger partial charge in [0, 0.05) is 21.0 Å². The molecule has 7 nitrogen and oxygen atoms in total. The van der Waals surface area contributed by atoms with Crippen molar-refractivity contribution in [2.75, 3.05) is 14.1 Å². The van der Waals surface area contributed by atoms with Gasteiger partial charge in [-0.25, -0.2) is 0 Å². The van der Waals surface area contributed by atoms with Crippen LogP contribution in [0.25, 0.3) is 0 Å². The van der Waals surface area contributed by atoms with Gasteiger partial charge in [-0.3, -0.25) is 0 Å². The Morgan fingerprint density at radius 1 is 1.26 bits per heavy atom. The molecule has 1 aliphatic carbocycles. The molecule has 0 radical (unpaired) electrons. The molecule has 0 unspecified atom stereocenters. The average molecular weight is 288 g/mol. The SMILES string of the molecule is Cc1nc(C2(NS(=O)(=O)N(C)C)CCCCC2)no1. The predicted molar refractivity (Wildman–Crippen MR) is 69.5 cm³/mol. The first kappa shape index (κ1) is 14.4. The van der Waals surface area contributed by atoms with Gasteiger partial charge in [-0.2, -0.15) is 22.4 Å². The van der Waals surface area contributed by atoms with E-state index in [1.807, 2.05) is 0 Å². The van der Waals surface area contributed by atoms with E-state index in [9.17, 15) is 8.42 Å². The van der Waals surface area contributed by atoms with Crippen LogP contribution in [0.4, 0.5) is 0 Å². The lowest BCUT2D eigenvalue weighted by Crippen LogP contribution is -2.51. The summed E-state index contributed by atoms with van der Waals surface area (Å²) < 4.78 is 33.1. The maximum atomic E-state index is 12.1. The highest BCUT2D eigenvalue weighted by molar-refractivity contribution is 7.87. The van der Waals surface area contributed by atoms with Crippen LogP contribution in [0.5, 0.6) is 0 Å². The topological polar surface area (TPSA) is 88.3 Å². The molecule has 1 N–H and O–H groups in total. The largest absolute Gasteiger partial charge is 0.340 e. The van der Waals surface area contributed by atoms with Gasteiger partial charge in [-0.05, 0) is 12.8 Å². The summed E-state index contributed by atoms with van der Waals surface area (Å²) in [7, 11) is -0.533. The third kappa shape index (κ3) is 2.96. The summed E-state index contributed by atoms with van der Waals surface area (Å²) in [4.78, 5) is 4.23. The van der Waals surface area contributed by atoms with Gasteiger partial charge >= 0.3 is 0 Å². The molecule has 0 amide bonds. The summed E-state index contributed by atoms with van der Waals surface area (Å²) in [5.41, 5.74) is -0.737. The van der Waals surface area contributed by atoms with E-state index in [4.69, 9.17) is 4.52 Å². The quantitative estimate of drug-likeness (QED) is 0.890. The first-order valence-electron chi connectivity index (χ1n) is 6.38. The van der Waals surface area contributed by atoms with Crippen LogP contribution in [-0.4, -0.2) is 37.0 Å². The van der Waals surface area contributed by atoms with Gasteiger partial charge in [0.15, 0.2) is 5.82 Å². The third-order valence-electron chi connectivity index (χ3n) is 3.47. The van der Waals surface area contributed by atoms with Crippen LogP contribution >= 0.6 is 0 Å². The fourth-order valence-corrected chi connectivity index (χ4v) is 3.33. The van der Waals surface area contributed by atoms with Crippen molar-refractivity contribution in [3.63, 3.8) is 0 Å². The summed E-state index contributed by atoms with van der Waals surface area (Å²) in [5.74, 6) is 0.888. The average Bonchev–Trinajstić information content (AvgIpc) is 2.77. The molecular weight excluding hydrogens is 268 g/mol. The molecule has 0 saturated heterocycles. The second kappa shape index (κ2) is 5.18. The minimum atomic E-state index is -3.53. The van der Waals surface area contributed by atoms with Crippen molar-refractivity contribution in [1.82, 2.24) is 19.2 Å². The van der Waals surface area contributed by atoms with Crippen molar-refractivity contribution < 1.29 is 12.9 Å². The van der Waals surface area contributed by atoms with Crippen LogP contribution in [0, 0.1) is 6.92 Å². The molecule has 0 aromatic carbocycles. The minimum Gasteiger partial charge on any atom is -0.340 e. The number of nitrogens with one attached hydrogen (secondary N) is 1. The Bertz CT molecular complexity index is 532. The van der Waals surface area contributed by atoms with Crippen molar-refractivity contribution in [1.29, 1.82) is 0 Å². The van der Waals surface area contributed by atoms with Gasteiger partial charge in [-0.15, -0.1) is 0 Å².